The smallest absolute Gasteiger partial charge is 0.311 e. The minimum atomic E-state index is -0.726. The van der Waals surface area contributed by atoms with Crippen molar-refractivity contribution in [2.75, 3.05) is 13.2 Å². The molecular formula is C10H17NO3. The molecule has 14 heavy (non-hydrogen) atoms. The van der Waals surface area contributed by atoms with Crippen LogP contribution in [0.1, 0.15) is 25.7 Å². The van der Waals surface area contributed by atoms with Crippen LogP contribution < -0.4 is 5.73 Å². The van der Waals surface area contributed by atoms with Crippen molar-refractivity contribution in [1.29, 1.82) is 0 Å². The van der Waals surface area contributed by atoms with Crippen LogP contribution in [0.2, 0.25) is 0 Å². The van der Waals surface area contributed by atoms with E-state index in [1.807, 2.05) is 0 Å². The maximum atomic E-state index is 11.0. The molecule has 0 aromatic heterocycles. The molecule has 80 valence electrons. The summed E-state index contributed by atoms with van der Waals surface area (Å²) >= 11 is 0. The molecule has 1 heterocycles. The average Bonchev–Trinajstić information content (AvgIpc) is 2.99. The summed E-state index contributed by atoms with van der Waals surface area (Å²) in [4.78, 5) is 11.0. The lowest BCUT2D eigenvalue weighted by Gasteiger charge is -2.31. The van der Waals surface area contributed by atoms with Crippen molar-refractivity contribution < 1.29 is 14.6 Å². The lowest BCUT2D eigenvalue weighted by atomic mass is 9.83. The summed E-state index contributed by atoms with van der Waals surface area (Å²) in [5.41, 5.74) is 5.41. The van der Waals surface area contributed by atoms with E-state index < -0.39 is 11.4 Å². The first kappa shape index (κ1) is 9.93. The molecule has 0 aromatic carbocycles. The second kappa shape index (κ2) is 3.51. The molecule has 4 heteroatoms. The van der Waals surface area contributed by atoms with E-state index >= 15 is 0 Å². The average molecular weight is 199 g/mol. The van der Waals surface area contributed by atoms with Crippen molar-refractivity contribution in [2.45, 2.75) is 31.7 Å². The summed E-state index contributed by atoms with van der Waals surface area (Å²) in [6.45, 7) is 1.43. The van der Waals surface area contributed by atoms with E-state index in [1.165, 1.54) is 0 Å². The largest absolute Gasteiger partial charge is 0.481 e. The van der Waals surface area contributed by atoms with Crippen LogP contribution in [0.4, 0.5) is 0 Å². The van der Waals surface area contributed by atoms with E-state index in [-0.39, 0.29) is 12.0 Å². The zero-order chi connectivity index (χ0) is 10.2. The lowest BCUT2D eigenvalue weighted by molar-refractivity contribution is -0.145. The van der Waals surface area contributed by atoms with Gasteiger partial charge in [-0.1, -0.05) is 0 Å². The normalized spacial score (nSPS) is 32.2. The van der Waals surface area contributed by atoms with E-state index in [0.717, 1.165) is 32.3 Å². The molecule has 0 radical (unpaired) electrons. The number of carboxylic acid groups (broad SMARTS) is 1. The Morgan fingerprint density at radius 1 is 1.57 bits per heavy atom. The summed E-state index contributed by atoms with van der Waals surface area (Å²) < 4.78 is 5.33. The Balaban J connectivity index is 1.99. The molecule has 1 aliphatic heterocycles. The molecule has 2 unspecified atom stereocenters. The molecule has 2 rings (SSSR count). The fourth-order valence-electron chi connectivity index (χ4n) is 2.32. The maximum Gasteiger partial charge on any atom is 0.311 e. The monoisotopic (exact) mass is 199 g/mol. The number of rotatable bonds is 3. The number of hydrogen-bond donors (Lipinski definition) is 2. The van der Waals surface area contributed by atoms with Crippen LogP contribution in [0.3, 0.4) is 0 Å². The van der Waals surface area contributed by atoms with Gasteiger partial charge in [-0.3, -0.25) is 4.79 Å². The van der Waals surface area contributed by atoms with Gasteiger partial charge in [0.2, 0.25) is 0 Å². The van der Waals surface area contributed by atoms with Crippen molar-refractivity contribution in [3.63, 3.8) is 0 Å². The molecule has 0 spiro atoms. The Kier molecular flexibility index (Phi) is 2.49. The highest BCUT2D eigenvalue weighted by Crippen LogP contribution is 2.50. The van der Waals surface area contributed by atoms with Crippen molar-refractivity contribution >= 4 is 5.97 Å². The van der Waals surface area contributed by atoms with Gasteiger partial charge >= 0.3 is 5.97 Å². The van der Waals surface area contributed by atoms with Crippen molar-refractivity contribution in [3.8, 4) is 0 Å². The zero-order valence-corrected chi connectivity index (χ0v) is 8.24. The van der Waals surface area contributed by atoms with E-state index in [0.29, 0.717) is 6.61 Å². The first-order chi connectivity index (χ1) is 6.67. The summed E-state index contributed by atoms with van der Waals surface area (Å²) in [6.07, 6.45) is 3.49. The Labute approximate surface area is 83.4 Å². The summed E-state index contributed by atoms with van der Waals surface area (Å²) in [5.74, 6) is -0.488. The van der Waals surface area contributed by atoms with Crippen LogP contribution in [-0.2, 0) is 9.53 Å². The summed E-state index contributed by atoms with van der Waals surface area (Å²) in [5, 5.41) is 9.08. The number of aliphatic carboxylic acids is 1. The lowest BCUT2D eigenvalue weighted by Crippen LogP contribution is -2.46. The molecule has 4 nitrogen and oxygen atoms in total. The van der Waals surface area contributed by atoms with Crippen LogP contribution in [0.15, 0.2) is 0 Å². The van der Waals surface area contributed by atoms with Gasteiger partial charge in [0.25, 0.3) is 0 Å². The first-order valence-electron chi connectivity index (χ1n) is 5.23. The first-order valence-corrected chi connectivity index (χ1v) is 5.23. The van der Waals surface area contributed by atoms with Crippen molar-refractivity contribution in [3.05, 3.63) is 0 Å². The third-order valence-electron chi connectivity index (χ3n) is 3.56. The van der Waals surface area contributed by atoms with Crippen molar-refractivity contribution in [1.82, 2.24) is 0 Å². The number of nitrogens with two attached hydrogens (primary N) is 1. The van der Waals surface area contributed by atoms with Gasteiger partial charge in [-0.15, -0.1) is 0 Å². The van der Waals surface area contributed by atoms with Gasteiger partial charge in [0.1, 0.15) is 0 Å². The quantitative estimate of drug-likeness (QED) is 0.698. The molecule has 1 saturated carbocycles. The molecular weight excluding hydrogens is 182 g/mol. The highest BCUT2D eigenvalue weighted by molar-refractivity contribution is 5.78. The molecule has 0 amide bonds. The fourth-order valence-corrected chi connectivity index (χ4v) is 2.32. The van der Waals surface area contributed by atoms with Crippen molar-refractivity contribution in [2.24, 2.45) is 17.1 Å². The van der Waals surface area contributed by atoms with Crippen LogP contribution in [-0.4, -0.2) is 30.3 Å². The molecule has 2 aliphatic rings. The van der Waals surface area contributed by atoms with Crippen LogP contribution >= 0.6 is 0 Å². The Morgan fingerprint density at radius 3 is 2.71 bits per heavy atom. The minimum absolute atomic E-state index is 0.222. The molecule has 3 N–H and O–H groups in total. The van der Waals surface area contributed by atoms with E-state index in [2.05, 4.69) is 0 Å². The van der Waals surface area contributed by atoms with Gasteiger partial charge in [0.05, 0.1) is 12.0 Å². The van der Waals surface area contributed by atoms with E-state index in [4.69, 9.17) is 15.6 Å². The number of carboxylic acids is 1. The standard InChI is InChI=1S/C10H17NO3/c11-8(7-2-1-5-14-6-7)10(3-4-10)9(12)13/h7-8H,1-6,11H2,(H,12,13). The highest BCUT2D eigenvalue weighted by Gasteiger charge is 2.56. The predicted octanol–water partition coefficient (Wildman–Crippen LogP) is 0.605. The van der Waals surface area contributed by atoms with Gasteiger partial charge in [-0.2, -0.15) is 0 Å². The Bertz CT molecular complexity index is 232. The summed E-state index contributed by atoms with van der Waals surface area (Å²) in [7, 11) is 0. The molecule has 1 saturated heterocycles. The Hall–Kier alpha value is -0.610. The van der Waals surface area contributed by atoms with E-state index in [9.17, 15) is 4.79 Å². The molecule has 2 fully saturated rings. The van der Waals surface area contributed by atoms with Crippen LogP contribution in [0, 0.1) is 11.3 Å². The van der Waals surface area contributed by atoms with Crippen LogP contribution in [0.25, 0.3) is 0 Å². The van der Waals surface area contributed by atoms with E-state index in [1.54, 1.807) is 0 Å². The van der Waals surface area contributed by atoms with Gasteiger partial charge in [0, 0.05) is 12.6 Å². The second-order valence-electron chi connectivity index (χ2n) is 4.46. The molecule has 2 atom stereocenters. The number of hydrogen-bond acceptors (Lipinski definition) is 3. The molecule has 0 aromatic rings. The second-order valence-corrected chi connectivity index (χ2v) is 4.46. The molecule has 0 bridgehead atoms. The third kappa shape index (κ3) is 1.53. The SMILES string of the molecule is NC(C1CCCOC1)C1(C(=O)O)CC1. The number of ether oxygens (including phenoxy) is 1. The van der Waals surface area contributed by atoms with Gasteiger partial charge in [-0.05, 0) is 31.6 Å². The zero-order valence-electron chi connectivity index (χ0n) is 8.24. The predicted molar refractivity (Wildman–Crippen MR) is 50.8 cm³/mol. The molecule has 1 aliphatic carbocycles. The fraction of sp³-hybridized carbons (Fsp3) is 0.900. The van der Waals surface area contributed by atoms with Gasteiger partial charge in [-0.25, -0.2) is 0 Å². The third-order valence-corrected chi connectivity index (χ3v) is 3.56. The van der Waals surface area contributed by atoms with Gasteiger partial charge < -0.3 is 15.6 Å². The van der Waals surface area contributed by atoms with Gasteiger partial charge in [0.15, 0.2) is 0 Å². The summed E-state index contributed by atoms with van der Waals surface area (Å²) in [6, 6.07) is -0.222. The van der Waals surface area contributed by atoms with Crippen LogP contribution in [0.5, 0.6) is 0 Å². The Morgan fingerprint density at radius 2 is 2.29 bits per heavy atom. The highest BCUT2D eigenvalue weighted by atomic mass is 16.5. The minimum Gasteiger partial charge on any atom is -0.481 e. The maximum absolute atomic E-state index is 11.0. The topological polar surface area (TPSA) is 72.5 Å². The number of carbonyl (C=O) groups is 1.